The largest absolute Gasteiger partial charge is 0.497 e. The van der Waals surface area contributed by atoms with Crippen LogP contribution < -0.4 is 9.64 Å². The van der Waals surface area contributed by atoms with E-state index in [4.69, 9.17) is 10.00 Å². The maximum absolute atomic E-state index is 12.5. The fraction of sp³-hybridized carbons (Fsp3) is 0.222. The number of anilines is 1. The summed E-state index contributed by atoms with van der Waals surface area (Å²) in [5.74, 6) is 0.248. The molecule has 0 atom stereocenters. The molecule has 1 aliphatic heterocycles. The van der Waals surface area contributed by atoms with E-state index in [0.29, 0.717) is 24.4 Å². The molecule has 25 heavy (non-hydrogen) atoms. The number of nitriles is 1. The first-order chi connectivity index (χ1) is 12.1. The molecule has 2 aromatic rings. The Labute approximate surface area is 145 Å². The van der Waals surface area contributed by atoms with Crippen LogP contribution in [0.25, 0.3) is 0 Å². The summed E-state index contributed by atoms with van der Waals surface area (Å²) in [7, 11) is 1.57. The van der Waals surface area contributed by atoms with Crippen LogP contribution in [-0.4, -0.2) is 48.4 Å². The monoisotopic (exact) mass is 336 g/mol. The molecule has 2 heterocycles. The molecule has 0 radical (unpaired) electrons. The first-order valence-electron chi connectivity index (χ1n) is 7.72. The van der Waals surface area contributed by atoms with Gasteiger partial charge in [-0.2, -0.15) is 5.26 Å². The molecule has 1 aromatic heterocycles. The van der Waals surface area contributed by atoms with Crippen molar-refractivity contribution in [2.45, 2.75) is 0 Å². The summed E-state index contributed by atoms with van der Waals surface area (Å²) < 4.78 is 5.18. The molecule has 0 spiro atoms. The van der Waals surface area contributed by atoms with Crippen molar-refractivity contribution in [3.63, 3.8) is 0 Å². The number of aromatic nitrogens is 1. The lowest BCUT2D eigenvalue weighted by Gasteiger charge is -2.34. The second-order valence-electron chi connectivity index (χ2n) is 5.52. The van der Waals surface area contributed by atoms with Crippen LogP contribution in [0.2, 0.25) is 0 Å². The van der Waals surface area contributed by atoms with E-state index >= 15 is 0 Å². The van der Waals surface area contributed by atoms with Crippen LogP contribution in [0.3, 0.4) is 0 Å². The van der Waals surface area contributed by atoms with Crippen molar-refractivity contribution in [1.82, 2.24) is 9.88 Å². The van der Waals surface area contributed by atoms with Gasteiger partial charge in [0.15, 0.2) is 0 Å². The first kappa shape index (κ1) is 16.5. The van der Waals surface area contributed by atoms with E-state index in [9.17, 15) is 9.59 Å². The Morgan fingerprint density at radius 1 is 1.28 bits per heavy atom. The zero-order chi connectivity index (χ0) is 17.8. The molecule has 3 rings (SSSR count). The quantitative estimate of drug-likeness (QED) is 0.847. The highest BCUT2D eigenvalue weighted by atomic mass is 16.5. The molecule has 0 aliphatic carbocycles. The van der Waals surface area contributed by atoms with Crippen molar-refractivity contribution >= 4 is 17.5 Å². The Morgan fingerprint density at radius 2 is 2.12 bits per heavy atom. The number of nitrogens with zero attached hydrogens (tertiary/aromatic N) is 4. The SMILES string of the molecule is COc1cccc(N2CCN(C(=O)c3ccc(C#N)nc3)CC2=O)c1. The van der Waals surface area contributed by atoms with Crippen molar-refractivity contribution in [3.8, 4) is 11.8 Å². The van der Waals surface area contributed by atoms with Crippen LogP contribution in [0.15, 0.2) is 42.6 Å². The zero-order valence-corrected chi connectivity index (χ0v) is 13.7. The van der Waals surface area contributed by atoms with Crippen molar-refractivity contribution < 1.29 is 14.3 Å². The minimum atomic E-state index is -0.268. The van der Waals surface area contributed by atoms with E-state index in [-0.39, 0.29) is 24.1 Å². The fourth-order valence-electron chi connectivity index (χ4n) is 2.67. The smallest absolute Gasteiger partial charge is 0.255 e. The van der Waals surface area contributed by atoms with Crippen molar-refractivity contribution in [2.24, 2.45) is 0 Å². The summed E-state index contributed by atoms with van der Waals surface area (Å²) in [4.78, 5) is 32.0. The lowest BCUT2D eigenvalue weighted by Crippen LogP contribution is -2.52. The second-order valence-corrected chi connectivity index (χ2v) is 5.52. The minimum absolute atomic E-state index is 0.00392. The van der Waals surface area contributed by atoms with Gasteiger partial charge in [0, 0.05) is 31.0 Å². The number of benzene rings is 1. The molecular weight excluding hydrogens is 320 g/mol. The number of piperazine rings is 1. The first-order valence-corrected chi connectivity index (χ1v) is 7.72. The molecule has 0 saturated carbocycles. The number of methoxy groups -OCH3 is 1. The van der Waals surface area contributed by atoms with Gasteiger partial charge in [-0.05, 0) is 24.3 Å². The summed E-state index contributed by atoms with van der Waals surface area (Å²) in [6.07, 6.45) is 1.36. The number of rotatable bonds is 3. The highest BCUT2D eigenvalue weighted by Crippen LogP contribution is 2.23. The Morgan fingerprint density at radius 3 is 2.76 bits per heavy atom. The molecule has 7 heteroatoms. The summed E-state index contributed by atoms with van der Waals surface area (Å²) in [5.41, 5.74) is 1.36. The van der Waals surface area contributed by atoms with E-state index in [1.54, 1.807) is 24.1 Å². The molecule has 1 fully saturated rings. The Hall–Kier alpha value is -3.40. The van der Waals surface area contributed by atoms with Gasteiger partial charge < -0.3 is 14.5 Å². The fourth-order valence-corrected chi connectivity index (χ4v) is 2.67. The second kappa shape index (κ2) is 7.01. The Balaban J connectivity index is 1.71. The lowest BCUT2D eigenvalue weighted by atomic mass is 10.2. The summed E-state index contributed by atoms with van der Waals surface area (Å²) in [5, 5.41) is 8.76. The molecule has 1 aliphatic rings. The highest BCUT2D eigenvalue weighted by Gasteiger charge is 2.28. The number of carbonyl (C=O) groups excluding carboxylic acids is 2. The van der Waals surface area contributed by atoms with Crippen LogP contribution in [0, 0.1) is 11.3 Å². The van der Waals surface area contributed by atoms with Gasteiger partial charge in [0.1, 0.15) is 24.1 Å². The van der Waals surface area contributed by atoms with Crippen molar-refractivity contribution in [1.29, 1.82) is 5.26 Å². The zero-order valence-electron chi connectivity index (χ0n) is 13.7. The van der Waals surface area contributed by atoms with Gasteiger partial charge in [0.05, 0.1) is 12.7 Å². The van der Waals surface area contributed by atoms with Gasteiger partial charge in [-0.3, -0.25) is 9.59 Å². The van der Waals surface area contributed by atoms with E-state index in [1.165, 1.54) is 17.2 Å². The van der Waals surface area contributed by atoms with Crippen molar-refractivity contribution in [2.75, 3.05) is 31.6 Å². The Kier molecular flexibility index (Phi) is 4.61. The molecule has 0 bridgehead atoms. The van der Waals surface area contributed by atoms with E-state index in [1.807, 2.05) is 24.3 Å². The normalized spacial score (nSPS) is 14.2. The predicted octanol–water partition coefficient (Wildman–Crippen LogP) is 1.45. The van der Waals surface area contributed by atoms with Crippen LogP contribution in [-0.2, 0) is 4.79 Å². The molecular formula is C18H16N4O3. The highest BCUT2D eigenvalue weighted by molar-refractivity contribution is 6.01. The van der Waals surface area contributed by atoms with E-state index in [2.05, 4.69) is 4.98 Å². The standard InChI is InChI=1S/C18H16N4O3/c1-25-16-4-2-3-15(9-16)22-8-7-21(12-17(22)23)18(24)13-5-6-14(10-19)20-11-13/h2-6,9,11H,7-8,12H2,1H3. The van der Waals surface area contributed by atoms with Crippen LogP contribution in [0.5, 0.6) is 5.75 Å². The number of amides is 2. The topological polar surface area (TPSA) is 86.5 Å². The third-order valence-electron chi connectivity index (χ3n) is 4.00. The summed E-state index contributed by atoms with van der Waals surface area (Å²) in [6, 6.07) is 12.2. The van der Waals surface area contributed by atoms with Gasteiger partial charge in [0.2, 0.25) is 5.91 Å². The number of carbonyl (C=O) groups is 2. The summed E-state index contributed by atoms with van der Waals surface area (Å²) >= 11 is 0. The van der Waals surface area contributed by atoms with E-state index < -0.39 is 0 Å². The number of ether oxygens (including phenoxy) is 1. The average Bonchev–Trinajstić information content (AvgIpc) is 2.67. The molecule has 126 valence electrons. The van der Waals surface area contributed by atoms with Crippen LogP contribution >= 0.6 is 0 Å². The maximum atomic E-state index is 12.5. The summed E-state index contributed by atoms with van der Waals surface area (Å²) in [6.45, 7) is 0.819. The van der Waals surface area contributed by atoms with Gasteiger partial charge >= 0.3 is 0 Å². The third-order valence-corrected chi connectivity index (χ3v) is 4.00. The average molecular weight is 336 g/mol. The molecule has 0 N–H and O–H groups in total. The maximum Gasteiger partial charge on any atom is 0.255 e. The molecule has 2 amide bonds. The Bertz CT molecular complexity index is 842. The molecule has 1 saturated heterocycles. The van der Waals surface area contributed by atoms with Gasteiger partial charge in [-0.25, -0.2) is 4.98 Å². The molecule has 7 nitrogen and oxygen atoms in total. The number of hydrogen-bond donors (Lipinski definition) is 0. The molecule has 1 aromatic carbocycles. The lowest BCUT2D eigenvalue weighted by molar-refractivity contribution is -0.120. The third kappa shape index (κ3) is 3.43. The van der Waals surface area contributed by atoms with Crippen molar-refractivity contribution in [3.05, 3.63) is 53.9 Å². The van der Waals surface area contributed by atoms with Gasteiger partial charge in [0.25, 0.3) is 5.91 Å². The van der Waals surface area contributed by atoms with Crippen LogP contribution in [0.1, 0.15) is 16.1 Å². The van der Waals surface area contributed by atoms with Gasteiger partial charge in [-0.15, -0.1) is 0 Å². The van der Waals surface area contributed by atoms with E-state index in [0.717, 1.165) is 5.69 Å². The minimum Gasteiger partial charge on any atom is -0.497 e. The predicted molar refractivity (Wildman–Crippen MR) is 90.2 cm³/mol. The van der Waals surface area contributed by atoms with Gasteiger partial charge in [-0.1, -0.05) is 6.07 Å². The number of pyridine rings is 1. The number of hydrogen-bond acceptors (Lipinski definition) is 5. The molecule has 0 unspecified atom stereocenters. The van der Waals surface area contributed by atoms with Crippen LogP contribution in [0.4, 0.5) is 5.69 Å².